The summed E-state index contributed by atoms with van der Waals surface area (Å²) in [4.78, 5) is 17.7. The molecule has 4 rings (SSSR count). The minimum absolute atomic E-state index is 0.0386. The molecule has 4 aromatic rings. The highest BCUT2D eigenvalue weighted by Crippen LogP contribution is 2.22. The summed E-state index contributed by atoms with van der Waals surface area (Å²) in [5.41, 5.74) is 3.61. The predicted octanol–water partition coefficient (Wildman–Crippen LogP) is 4.36. The Hall–Kier alpha value is -2.88. The number of imidazole rings is 1. The molecule has 0 aliphatic rings. The highest BCUT2D eigenvalue weighted by Gasteiger charge is 2.15. The molecule has 2 aromatic heterocycles. The van der Waals surface area contributed by atoms with Crippen molar-refractivity contribution >= 4 is 16.8 Å². The highest BCUT2D eigenvalue weighted by molar-refractivity contribution is 5.81. The Morgan fingerprint density at radius 3 is 2.36 bits per heavy atom. The van der Waals surface area contributed by atoms with Crippen LogP contribution in [0.25, 0.3) is 28.1 Å². The van der Waals surface area contributed by atoms with E-state index in [1.165, 1.54) is 0 Å². The first-order valence-corrected chi connectivity index (χ1v) is 8.71. The van der Waals surface area contributed by atoms with Gasteiger partial charge in [0, 0.05) is 18.2 Å². The number of aromatic nitrogens is 3. The van der Waals surface area contributed by atoms with Gasteiger partial charge in [-0.05, 0) is 24.5 Å². The zero-order chi connectivity index (χ0) is 17.4. The van der Waals surface area contributed by atoms with Crippen LogP contribution in [0.15, 0.2) is 65.5 Å². The van der Waals surface area contributed by atoms with Gasteiger partial charge >= 0.3 is 0 Å². The van der Waals surface area contributed by atoms with E-state index in [1.54, 1.807) is 10.5 Å². The number of para-hydroxylation sites is 2. The molecule has 0 aliphatic heterocycles. The standard InChI is InChI=1S/C21H21N3O/c1-15(2)12-13-23-18-10-6-7-11-19(18)24-20(25)14-17(22-21(23)24)16-8-4-3-5-9-16/h3-11,14-15H,12-13H2,1-2H3. The molecule has 0 unspecified atom stereocenters. The second kappa shape index (κ2) is 6.20. The number of aryl methyl sites for hydroxylation is 1. The van der Waals surface area contributed by atoms with E-state index in [4.69, 9.17) is 4.98 Å². The van der Waals surface area contributed by atoms with Gasteiger partial charge in [-0.2, -0.15) is 0 Å². The van der Waals surface area contributed by atoms with Gasteiger partial charge in [0.2, 0.25) is 5.78 Å². The molecule has 0 aliphatic carbocycles. The smallest absolute Gasteiger partial charge is 0.260 e. The molecule has 126 valence electrons. The zero-order valence-corrected chi connectivity index (χ0v) is 14.5. The van der Waals surface area contributed by atoms with E-state index in [2.05, 4.69) is 24.5 Å². The molecule has 0 N–H and O–H groups in total. The number of hydrogen-bond acceptors (Lipinski definition) is 2. The third-order valence-electron chi connectivity index (χ3n) is 4.56. The Morgan fingerprint density at radius 2 is 1.64 bits per heavy atom. The average Bonchev–Trinajstić information content (AvgIpc) is 2.94. The van der Waals surface area contributed by atoms with E-state index < -0.39 is 0 Å². The second-order valence-electron chi connectivity index (χ2n) is 6.80. The van der Waals surface area contributed by atoms with Crippen LogP contribution in [-0.2, 0) is 6.54 Å². The van der Waals surface area contributed by atoms with Crippen LogP contribution in [0.4, 0.5) is 0 Å². The summed E-state index contributed by atoms with van der Waals surface area (Å²) in [6, 6.07) is 19.5. The number of hydrogen-bond donors (Lipinski definition) is 0. The summed E-state index contributed by atoms with van der Waals surface area (Å²) in [6.45, 7) is 5.27. The van der Waals surface area contributed by atoms with E-state index in [9.17, 15) is 4.79 Å². The molecule has 0 amide bonds. The maximum Gasteiger partial charge on any atom is 0.260 e. The van der Waals surface area contributed by atoms with Crippen molar-refractivity contribution in [2.75, 3.05) is 0 Å². The molecule has 0 atom stereocenters. The van der Waals surface area contributed by atoms with Gasteiger partial charge in [-0.15, -0.1) is 0 Å². The van der Waals surface area contributed by atoms with Crippen LogP contribution in [0.5, 0.6) is 0 Å². The van der Waals surface area contributed by atoms with Crippen molar-refractivity contribution in [2.24, 2.45) is 5.92 Å². The van der Waals surface area contributed by atoms with E-state index >= 15 is 0 Å². The molecule has 4 nitrogen and oxygen atoms in total. The van der Waals surface area contributed by atoms with Crippen molar-refractivity contribution in [3.05, 3.63) is 71.0 Å². The SMILES string of the molecule is CC(C)CCn1c2ccccc2n2c(=O)cc(-c3ccccc3)nc12. The van der Waals surface area contributed by atoms with Crippen molar-refractivity contribution in [1.82, 2.24) is 14.0 Å². The quantitative estimate of drug-likeness (QED) is 0.557. The molecule has 2 heterocycles. The molecule has 0 saturated heterocycles. The van der Waals surface area contributed by atoms with E-state index in [0.29, 0.717) is 11.7 Å². The predicted molar refractivity (Wildman–Crippen MR) is 102 cm³/mol. The molecule has 0 radical (unpaired) electrons. The lowest BCUT2D eigenvalue weighted by atomic mass is 10.1. The van der Waals surface area contributed by atoms with Gasteiger partial charge in [-0.25, -0.2) is 9.38 Å². The molecular formula is C21H21N3O. The summed E-state index contributed by atoms with van der Waals surface area (Å²) in [7, 11) is 0. The molecule has 25 heavy (non-hydrogen) atoms. The van der Waals surface area contributed by atoms with Gasteiger partial charge in [0.05, 0.1) is 16.7 Å². The van der Waals surface area contributed by atoms with E-state index in [0.717, 1.165) is 35.3 Å². The van der Waals surface area contributed by atoms with Crippen molar-refractivity contribution < 1.29 is 0 Å². The monoisotopic (exact) mass is 331 g/mol. The maximum atomic E-state index is 12.8. The first kappa shape index (κ1) is 15.6. The van der Waals surface area contributed by atoms with Gasteiger partial charge in [-0.1, -0.05) is 56.3 Å². The molecule has 4 heteroatoms. The summed E-state index contributed by atoms with van der Waals surface area (Å²) >= 11 is 0. The van der Waals surface area contributed by atoms with Crippen molar-refractivity contribution in [3.63, 3.8) is 0 Å². The maximum absolute atomic E-state index is 12.8. The normalized spacial score (nSPS) is 11.6. The fourth-order valence-corrected chi connectivity index (χ4v) is 3.23. The highest BCUT2D eigenvalue weighted by atomic mass is 16.1. The van der Waals surface area contributed by atoms with Crippen LogP contribution in [0.3, 0.4) is 0 Å². The van der Waals surface area contributed by atoms with Crippen LogP contribution in [0, 0.1) is 5.92 Å². The van der Waals surface area contributed by atoms with Gasteiger partial charge in [-0.3, -0.25) is 4.79 Å². The summed E-state index contributed by atoms with van der Waals surface area (Å²) < 4.78 is 3.89. The number of benzene rings is 2. The first-order chi connectivity index (χ1) is 12.1. The summed E-state index contributed by atoms with van der Waals surface area (Å²) in [5, 5.41) is 0. The fourth-order valence-electron chi connectivity index (χ4n) is 3.23. The summed E-state index contributed by atoms with van der Waals surface area (Å²) in [5.74, 6) is 1.30. The van der Waals surface area contributed by atoms with Crippen molar-refractivity contribution in [2.45, 2.75) is 26.8 Å². The third-order valence-corrected chi connectivity index (χ3v) is 4.56. The van der Waals surface area contributed by atoms with Crippen LogP contribution in [0.2, 0.25) is 0 Å². The van der Waals surface area contributed by atoms with Gasteiger partial charge < -0.3 is 4.57 Å². The van der Waals surface area contributed by atoms with Crippen LogP contribution in [-0.4, -0.2) is 14.0 Å². The molecule has 0 fully saturated rings. The molecule has 0 spiro atoms. The topological polar surface area (TPSA) is 39.3 Å². The lowest BCUT2D eigenvalue weighted by Gasteiger charge is -2.09. The Labute approximate surface area is 146 Å². The first-order valence-electron chi connectivity index (χ1n) is 8.71. The van der Waals surface area contributed by atoms with Gasteiger partial charge in [0.25, 0.3) is 5.56 Å². The third kappa shape index (κ3) is 2.74. The number of nitrogens with zero attached hydrogens (tertiary/aromatic N) is 3. The van der Waals surface area contributed by atoms with Crippen LogP contribution in [0.1, 0.15) is 20.3 Å². The largest absolute Gasteiger partial charge is 0.309 e. The number of rotatable bonds is 4. The average molecular weight is 331 g/mol. The minimum atomic E-state index is -0.0386. The fraction of sp³-hybridized carbons (Fsp3) is 0.238. The molecule has 2 aromatic carbocycles. The number of fused-ring (bicyclic) bond motifs is 3. The Kier molecular flexibility index (Phi) is 3.88. The molecule has 0 bridgehead atoms. The van der Waals surface area contributed by atoms with Crippen molar-refractivity contribution in [3.8, 4) is 11.3 Å². The van der Waals surface area contributed by atoms with Crippen LogP contribution >= 0.6 is 0 Å². The lowest BCUT2D eigenvalue weighted by Crippen LogP contribution is -2.15. The molecule has 0 saturated carbocycles. The summed E-state index contributed by atoms with van der Waals surface area (Å²) in [6.07, 6.45) is 1.04. The lowest BCUT2D eigenvalue weighted by molar-refractivity contribution is 0.527. The van der Waals surface area contributed by atoms with Gasteiger partial charge in [0.15, 0.2) is 0 Å². The second-order valence-corrected chi connectivity index (χ2v) is 6.80. The Morgan fingerprint density at radius 1 is 0.960 bits per heavy atom. The zero-order valence-electron chi connectivity index (χ0n) is 14.5. The van der Waals surface area contributed by atoms with Crippen molar-refractivity contribution in [1.29, 1.82) is 0 Å². The van der Waals surface area contributed by atoms with E-state index in [-0.39, 0.29) is 5.56 Å². The van der Waals surface area contributed by atoms with E-state index in [1.807, 2.05) is 48.5 Å². The Bertz CT molecular complexity index is 1090. The Balaban J connectivity index is 2.02. The van der Waals surface area contributed by atoms with Crippen LogP contribution < -0.4 is 5.56 Å². The minimum Gasteiger partial charge on any atom is -0.309 e. The van der Waals surface area contributed by atoms with Gasteiger partial charge in [0.1, 0.15) is 0 Å². The molecular weight excluding hydrogens is 310 g/mol.